The van der Waals surface area contributed by atoms with Crippen LogP contribution in [-0.4, -0.2) is 125 Å². The average Bonchev–Trinajstić information content (AvgIpc) is 3.82. The first-order chi connectivity index (χ1) is 27.2. The number of amides is 7. The van der Waals surface area contributed by atoms with Crippen molar-refractivity contribution >= 4 is 47.2 Å². The molecule has 0 aromatic heterocycles. The second-order valence-corrected chi connectivity index (χ2v) is 15.0. The number of alkyl halides is 1. The molecular formula is C39H46F3N7O8. The molecule has 18 heteroatoms. The Morgan fingerprint density at radius 3 is 2.25 bits per heavy atom. The molecule has 4 saturated heterocycles. The van der Waals surface area contributed by atoms with Crippen LogP contribution in [0.1, 0.15) is 56.6 Å². The van der Waals surface area contributed by atoms with Crippen molar-refractivity contribution in [1.82, 2.24) is 30.7 Å². The smallest absolute Gasteiger partial charge is 0.329 e. The van der Waals surface area contributed by atoms with Gasteiger partial charge in [-0.3, -0.25) is 24.0 Å². The molecular weight excluding hydrogens is 751 g/mol. The SMILES string of the molecule is Cc1ccc(NC(=O)N[C@@H](Cc2cc(F)cc(F)c2)C(=O)N[C@H]2COC(=O)[C@@H]3C[C@@H](F)CN3C(=O)[C@H](C)NC(=O)[C@@H]3CCCCN3C(=O)[C@@H]3CCCN3C2=O)cc1. The van der Waals surface area contributed by atoms with Gasteiger partial charge in [0.1, 0.15) is 60.7 Å². The van der Waals surface area contributed by atoms with Gasteiger partial charge in [-0.1, -0.05) is 17.7 Å². The molecule has 0 bridgehead atoms. The minimum absolute atomic E-state index is 0.00893. The molecule has 0 aliphatic carbocycles. The number of ether oxygens (including phenoxy) is 1. The zero-order valence-corrected chi connectivity index (χ0v) is 31.6. The summed E-state index contributed by atoms with van der Waals surface area (Å²) in [6.07, 6.45) is -0.331. The number of fused-ring (bicyclic) bond motifs is 3. The minimum Gasteiger partial charge on any atom is -0.461 e. The van der Waals surface area contributed by atoms with Gasteiger partial charge in [0.05, 0.1) is 6.54 Å². The molecule has 57 heavy (non-hydrogen) atoms. The molecule has 4 heterocycles. The van der Waals surface area contributed by atoms with Crippen molar-refractivity contribution in [3.05, 3.63) is 65.2 Å². The van der Waals surface area contributed by atoms with Crippen LogP contribution in [-0.2, 0) is 39.9 Å². The molecule has 2 aromatic carbocycles. The number of hydrogen-bond donors (Lipinski definition) is 4. The molecule has 0 saturated carbocycles. The third-order valence-corrected chi connectivity index (χ3v) is 10.7. The van der Waals surface area contributed by atoms with Crippen molar-refractivity contribution in [2.75, 3.05) is 31.6 Å². The van der Waals surface area contributed by atoms with E-state index in [1.165, 1.54) is 16.7 Å². The number of benzene rings is 2. The fraction of sp³-hybridized carbons (Fsp3) is 0.513. The summed E-state index contributed by atoms with van der Waals surface area (Å²) in [5.41, 5.74) is 1.28. The molecule has 4 aliphatic rings. The Morgan fingerprint density at radius 2 is 1.53 bits per heavy atom. The van der Waals surface area contributed by atoms with Crippen molar-refractivity contribution in [3.63, 3.8) is 0 Å². The number of anilines is 1. The van der Waals surface area contributed by atoms with Crippen LogP contribution in [0.3, 0.4) is 0 Å². The van der Waals surface area contributed by atoms with E-state index in [-0.39, 0.29) is 25.1 Å². The number of cyclic esters (lactones) is 1. The van der Waals surface area contributed by atoms with Gasteiger partial charge in [0.15, 0.2) is 0 Å². The molecule has 0 radical (unpaired) electrons. The van der Waals surface area contributed by atoms with Crippen LogP contribution >= 0.6 is 0 Å². The highest BCUT2D eigenvalue weighted by Gasteiger charge is 2.46. The van der Waals surface area contributed by atoms with E-state index in [4.69, 9.17) is 4.74 Å². The summed E-state index contributed by atoms with van der Waals surface area (Å²) in [6, 6.07) is 0.617. The lowest BCUT2D eigenvalue weighted by molar-refractivity contribution is -0.158. The highest BCUT2D eigenvalue weighted by molar-refractivity contribution is 5.98. The lowest BCUT2D eigenvalue weighted by atomic mass is 9.99. The van der Waals surface area contributed by atoms with Gasteiger partial charge in [0.2, 0.25) is 29.5 Å². The van der Waals surface area contributed by atoms with Gasteiger partial charge >= 0.3 is 12.0 Å². The molecule has 0 spiro atoms. The van der Waals surface area contributed by atoms with Gasteiger partial charge in [0, 0.05) is 37.7 Å². The van der Waals surface area contributed by atoms with Crippen molar-refractivity contribution in [2.24, 2.45) is 0 Å². The molecule has 2 aromatic rings. The number of esters is 1. The number of urea groups is 1. The lowest BCUT2D eigenvalue weighted by Gasteiger charge is -2.39. The van der Waals surface area contributed by atoms with E-state index in [1.807, 2.05) is 6.92 Å². The number of piperidine rings is 1. The molecule has 4 aliphatic heterocycles. The van der Waals surface area contributed by atoms with Crippen molar-refractivity contribution in [1.29, 1.82) is 0 Å². The summed E-state index contributed by atoms with van der Waals surface area (Å²) in [5.74, 6) is -6.63. The van der Waals surface area contributed by atoms with Crippen LogP contribution < -0.4 is 21.3 Å². The third-order valence-electron chi connectivity index (χ3n) is 10.7. The fourth-order valence-corrected chi connectivity index (χ4v) is 7.86. The maximum absolute atomic E-state index is 14.8. The normalized spacial score (nSPS) is 26.5. The first-order valence-corrected chi connectivity index (χ1v) is 19.1. The van der Waals surface area contributed by atoms with Crippen LogP contribution in [0, 0.1) is 18.6 Å². The standard InChI is InChI=1S/C39H46F3N7O8/c1-21-8-10-27(11-9-21)44-39(56)46-28(16-23-14-24(40)17-25(41)15-23)33(50)45-29-20-57-38(55)32-18-26(42)19-49(32)35(52)22(2)43-34(51)30-6-3-4-12-47(30)37(54)31-7-5-13-48(31)36(29)53/h8-11,14-15,17,22,26,28-32H,3-7,12-13,16,18-20H2,1-2H3,(H,43,51)(H,45,50)(H2,44,46,56)/t22-,26+,28-,29-,30-,31-,32-/m0/s1. The summed E-state index contributed by atoms with van der Waals surface area (Å²) in [5, 5.41) is 10.2. The summed E-state index contributed by atoms with van der Waals surface area (Å²) in [6.45, 7) is 2.27. The zero-order chi connectivity index (χ0) is 41.0. The predicted molar refractivity (Wildman–Crippen MR) is 197 cm³/mol. The Balaban J connectivity index is 1.31. The highest BCUT2D eigenvalue weighted by Crippen LogP contribution is 2.27. The lowest BCUT2D eigenvalue weighted by Crippen LogP contribution is -2.62. The van der Waals surface area contributed by atoms with Gasteiger partial charge in [-0.05, 0) is 75.8 Å². The highest BCUT2D eigenvalue weighted by atomic mass is 19.1. The fourth-order valence-electron chi connectivity index (χ4n) is 7.86. The molecule has 6 rings (SSSR count). The summed E-state index contributed by atoms with van der Waals surface area (Å²) < 4.78 is 48.8. The van der Waals surface area contributed by atoms with Crippen molar-refractivity contribution in [3.8, 4) is 0 Å². The largest absolute Gasteiger partial charge is 0.461 e. The number of carbonyl (C=O) groups is 7. The first-order valence-electron chi connectivity index (χ1n) is 19.1. The molecule has 7 atom stereocenters. The Labute approximate surface area is 327 Å². The quantitative estimate of drug-likeness (QED) is 0.319. The number of nitrogens with zero attached hydrogens (tertiary/aromatic N) is 3. The van der Waals surface area contributed by atoms with E-state index < -0.39 is 122 Å². The summed E-state index contributed by atoms with van der Waals surface area (Å²) >= 11 is 0. The van der Waals surface area contributed by atoms with Crippen LogP contribution in [0.15, 0.2) is 42.5 Å². The third kappa shape index (κ3) is 9.65. The number of halogens is 3. The second-order valence-electron chi connectivity index (χ2n) is 15.0. The zero-order valence-electron chi connectivity index (χ0n) is 31.6. The Hall–Kier alpha value is -5.68. The Morgan fingerprint density at radius 1 is 0.860 bits per heavy atom. The molecule has 4 N–H and O–H groups in total. The van der Waals surface area contributed by atoms with Crippen molar-refractivity contribution < 1.29 is 51.5 Å². The number of carbonyl (C=O) groups excluding carboxylic acids is 7. The van der Waals surface area contributed by atoms with E-state index in [0.29, 0.717) is 37.4 Å². The van der Waals surface area contributed by atoms with Crippen LogP contribution in [0.5, 0.6) is 0 Å². The minimum atomic E-state index is -1.68. The van der Waals surface area contributed by atoms with E-state index in [9.17, 15) is 46.7 Å². The monoisotopic (exact) mass is 797 g/mol. The molecule has 0 unspecified atom stereocenters. The topological polar surface area (TPSA) is 187 Å². The van der Waals surface area contributed by atoms with E-state index in [0.717, 1.165) is 22.6 Å². The van der Waals surface area contributed by atoms with Crippen molar-refractivity contribution in [2.45, 2.75) is 101 Å². The number of rotatable bonds is 6. The van der Waals surface area contributed by atoms with Gasteiger partial charge in [-0.2, -0.15) is 0 Å². The summed E-state index contributed by atoms with van der Waals surface area (Å²) in [7, 11) is 0. The molecule has 4 fully saturated rings. The number of hydrogen-bond acceptors (Lipinski definition) is 8. The first kappa shape index (κ1) is 41.0. The Kier molecular flexibility index (Phi) is 12.7. The van der Waals surface area contributed by atoms with Crippen LogP contribution in [0.4, 0.5) is 23.7 Å². The maximum atomic E-state index is 14.8. The van der Waals surface area contributed by atoms with Gasteiger partial charge in [0.25, 0.3) is 0 Å². The van der Waals surface area contributed by atoms with Gasteiger partial charge in [-0.25, -0.2) is 22.8 Å². The molecule has 7 amide bonds. The average molecular weight is 798 g/mol. The van der Waals surface area contributed by atoms with Crippen LogP contribution in [0.2, 0.25) is 0 Å². The van der Waals surface area contributed by atoms with Crippen LogP contribution in [0.25, 0.3) is 0 Å². The summed E-state index contributed by atoms with van der Waals surface area (Å²) in [4.78, 5) is 100. The molecule has 15 nitrogen and oxygen atoms in total. The Bertz CT molecular complexity index is 1880. The number of nitrogens with one attached hydrogen (secondary N) is 4. The predicted octanol–water partition coefficient (Wildman–Crippen LogP) is 1.86. The van der Waals surface area contributed by atoms with E-state index in [1.54, 1.807) is 24.3 Å². The number of aryl methyl sites for hydroxylation is 1. The van der Waals surface area contributed by atoms with Gasteiger partial charge < -0.3 is 40.7 Å². The van der Waals surface area contributed by atoms with E-state index in [2.05, 4.69) is 21.3 Å². The van der Waals surface area contributed by atoms with Gasteiger partial charge in [-0.15, -0.1) is 0 Å². The maximum Gasteiger partial charge on any atom is 0.329 e. The molecule has 306 valence electrons. The van der Waals surface area contributed by atoms with E-state index >= 15 is 0 Å². The second kappa shape index (κ2) is 17.6.